The fourth-order valence-corrected chi connectivity index (χ4v) is 1.73. The smallest absolute Gasteiger partial charge is 0.338 e. The van der Waals surface area contributed by atoms with Crippen molar-refractivity contribution < 1.29 is 14.6 Å². The summed E-state index contributed by atoms with van der Waals surface area (Å²) in [5.41, 5.74) is 1.96. The van der Waals surface area contributed by atoms with Gasteiger partial charge in [0.2, 0.25) is 0 Å². The summed E-state index contributed by atoms with van der Waals surface area (Å²) in [7, 11) is 0. The molecule has 0 bridgehead atoms. The Morgan fingerprint density at radius 1 is 1.17 bits per heavy atom. The normalized spacial score (nSPS) is 10.1. The molecular formula is C15H14O3. The zero-order valence-electron chi connectivity index (χ0n) is 10.1. The van der Waals surface area contributed by atoms with Gasteiger partial charge in [0.05, 0.1) is 12.2 Å². The second kappa shape index (κ2) is 5.36. The van der Waals surface area contributed by atoms with Crippen molar-refractivity contribution in [3.8, 4) is 16.9 Å². The first-order valence-electron chi connectivity index (χ1n) is 5.78. The van der Waals surface area contributed by atoms with Crippen LogP contribution in [0.5, 0.6) is 5.75 Å². The third-order valence-electron chi connectivity index (χ3n) is 2.59. The number of rotatable bonds is 3. The quantitative estimate of drug-likeness (QED) is 0.840. The molecule has 0 spiro atoms. The van der Waals surface area contributed by atoms with Crippen molar-refractivity contribution >= 4 is 5.97 Å². The Labute approximate surface area is 106 Å². The van der Waals surface area contributed by atoms with Crippen LogP contribution in [0.15, 0.2) is 48.5 Å². The molecule has 0 heterocycles. The van der Waals surface area contributed by atoms with Crippen LogP contribution in [0, 0.1) is 0 Å². The number of phenols is 1. The second-order valence-corrected chi connectivity index (χ2v) is 3.82. The van der Waals surface area contributed by atoms with Crippen LogP contribution in [0.4, 0.5) is 0 Å². The maximum absolute atomic E-state index is 11.5. The van der Waals surface area contributed by atoms with Crippen molar-refractivity contribution in [3.05, 3.63) is 54.1 Å². The first kappa shape index (κ1) is 12.2. The fourth-order valence-electron chi connectivity index (χ4n) is 1.73. The van der Waals surface area contributed by atoms with Crippen molar-refractivity contribution in [2.75, 3.05) is 6.61 Å². The van der Waals surface area contributed by atoms with Gasteiger partial charge in [-0.3, -0.25) is 0 Å². The van der Waals surface area contributed by atoms with Crippen molar-refractivity contribution in [1.82, 2.24) is 0 Å². The first-order valence-corrected chi connectivity index (χ1v) is 5.78. The van der Waals surface area contributed by atoms with Gasteiger partial charge in [-0.25, -0.2) is 4.79 Å². The minimum atomic E-state index is -0.424. The molecule has 0 saturated heterocycles. The lowest BCUT2D eigenvalue weighted by Gasteiger charge is -2.07. The Morgan fingerprint density at radius 3 is 2.50 bits per heavy atom. The topological polar surface area (TPSA) is 46.5 Å². The number of hydrogen-bond donors (Lipinski definition) is 1. The van der Waals surface area contributed by atoms with Crippen molar-refractivity contribution in [2.24, 2.45) is 0 Å². The van der Waals surface area contributed by atoms with E-state index in [9.17, 15) is 9.90 Å². The van der Waals surface area contributed by atoms with Crippen LogP contribution in [0.1, 0.15) is 17.3 Å². The van der Waals surface area contributed by atoms with Gasteiger partial charge in [-0.1, -0.05) is 30.3 Å². The number of aromatic hydroxyl groups is 1. The van der Waals surface area contributed by atoms with Gasteiger partial charge in [0.1, 0.15) is 5.75 Å². The monoisotopic (exact) mass is 242 g/mol. The molecule has 0 saturated carbocycles. The highest BCUT2D eigenvalue weighted by Crippen LogP contribution is 2.29. The minimum absolute atomic E-state index is 0.0757. The molecule has 0 fully saturated rings. The van der Waals surface area contributed by atoms with E-state index in [4.69, 9.17) is 4.74 Å². The fraction of sp³-hybridized carbons (Fsp3) is 0.133. The lowest BCUT2D eigenvalue weighted by atomic mass is 10.0. The van der Waals surface area contributed by atoms with E-state index in [1.54, 1.807) is 19.1 Å². The van der Waals surface area contributed by atoms with E-state index in [-0.39, 0.29) is 5.75 Å². The van der Waals surface area contributed by atoms with Gasteiger partial charge in [-0.05, 0) is 30.7 Å². The summed E-state index contributed by atoms with van der Waals surface area (Å²) in [5.74, 6) is -0.348. The number of benzene rings is 2. The van der Waals surface area contributed by atoms with Gasteiger partial charge in [-0.2, -0.15) is 0 Å². The molecule has 92 valence electrons. The molecule has 0 radical (unpaired) electrons. The van der Waals surface area contributed by atoms with Gasteiger partial charge in [0.25, 0.3) is 0 Å². The summed E-state index contributed by atoms with van der Waals surface area (Å²) in [4.78, 5) is 11.5. The van der Waals surface area contributed by atoms with Crippen LogP contribution in [0.2, 0.25) is 0 Å². The summed E-state index contributed by atoms with van der Waals surface area (Å²) in [6.45, 7) is 2.07. The van der Waals surface area contributed by atoms with E-state index in [2.05, 4.69) is 0 Å². The third kappa shape index (κ3) is 2.51. The number of hydrogen-bond acceptors (Lipinski definition) is 3. The highest BCUT2D eigenvalue weighted by molar-refractivity contribution is 5.91. The average Bonchev–Trinajstić information content (AvgIpc) is 2.40. The maximum atomic E-state index is 11.5. The van der Waals surface area contributed by atoms with Crippen LogP contribution < -0.4 is 0 Å². The van der Waals surface area contributed by atoms with E-state index in [1.807, 2.05) is 30.3 Å². The molecule has 3 heteroatoms. The molecule has 2 aromatic rings. The number of phenolic OH excluding ortho intramolecular Hbond substituents is 1. The van der Waals surface area contributed by atoms with E-state index in [1.165, 1.54) is 6.07 Å². The van der Waals surface area contributed by atoms with Crippen molar-refractivity contribution in [1.29, 1.82) is 0 Å². The molecular weight excluding hydrogens is 228 g/mol. The van der Waals surface area contributed by atoms with Gasteiger partial charge in [0, 0.05) is 5.56 Å². The standard InChI is InChI=1S/C15H14O3/c1-2-18-15(17)12-8-9-13(14(16)10-12)11-6-4-3-5-7-11/h3-10,16H,2H2,1H3. The van der Waals surface area contributed by atoms with Gasteiger partial charge >= 0.3 is 5.97 Å². The molecule has 0 atom stereocenters. The lowest BCUT2D eigenvalue weighted by Crippen LogP contribution is -2.04. The molecule has 0 aliphatic carbocycles. The largest absolute Gasteiger partial charge is 0.507 e. The highest BCUT2D eigenvalue weighted by atomic mass is 16.5. The van der Waals surface area contributed by atoms with Crippen molar-refractivity contribution in [2.45, 2.75) is 6.92 Å². The molecule has 2 aromatic carbocycles. The summed E-state index contributed by atoms with van der Waals surface area (Å²) in [6.07, 6.45) is 0. The van der Waals surface area contributed by atoms with Gasteiger partial charge in [0.15, 0.2) is 0 Å². The number of ether oxygens (including phenoxy) is 1. The van der Waals surface area contributed by atoms with Crippen LogP contribution >= 0.6 is 0 Å². The van der Waals surface area contributed by atoms with Crippen molar-refractivity contribution in [3.63, 3.8) is 0 Å². The zero-order valence-corrected chi connectivity index (χ0v) is 10.1. The van der Waals surface area contributed by atoms with Crippen LogP contribution in [-0.4, -0.2) is 17.7 Å². The minimum Gasteiger partial charge on any atom is -0.507 e. The second-order valence-electron chi connectivity index (χ2n) is 3.82. The summed E-state index contributed by atoms with van der Waals surface area (Å²) in [5, 5.41) is 9.95. The molecule has 18 heavy (non-hydrogen) atoms. The maximum Gasteiger partial charge on any atom is 0.338 e. The van der Waals surface area contributed by atoms with Gasteiger partial charge < -0.3 is 9.84 Å². The Hall–Kier alpha value is -2.29. The van der Waals surface area contributed by atoms with Crippen LogP contribution in [0.3, 0.4) is 0 Å². The highest BCUT2D eigenvalue weighted by Gasteiger charge is 2.10. The summed E-state index contributed by atoms with van der Waals surface area (Å²) >= 11 is 0. The van der Waals surface area contributed by atoms with E-state index < -0.39 is 5.97 Å². The Bertz CT molecular complexity index is 547. The number of carbonyl (C=O) groups is 1. The van der Waals surface area contributed by atoms with Gasteiger partial charge in [-0.15, -0.1) is 0 Å². The number of esters is 1. The molecule has 3 nitrogen and oxygen atoms in total. The molecule has 0 amide bonds. The van der Waals surface area contributed by atoms with Crippen LogP contribution in [0.25, 0.3) is 11.1 Å². The SMILES string of the molecule is CCOC(=O)c1ccc(-c2ccccc2)c(O)c1. The van der Waals surface area contributed by atoms with E-state index in [0.717, 1.165) is 5.56 Å². The molecule has 1 N–H and O–H groups in total. The molecule has 0 aliphatic heterocycles. The molecule has 0 aromatic heterocycles. The zero-order chi connectivity index (χ0) is 13.0. The Balaban J connectivity index is 2.34. The van der Waals surface area contributed by atoms with Crippen LogP contribution in [-0.2, 0) is 4.74 Å². The Kier molecular flexibility index (Phi) is 3.63. The summed E-state index contributed by atoms with van der Waals surface area (Å²) in [6, 6.07) is 14.3. The van der Waals surface area contributed by atoms with E-state index in [0.29, 0.717) is 17.7 Å². The summed E-state index contributed by atoms with van der Waals surface area (Å²) < 4.78 is 4.88. The molecule has 0 unspecified atom stereocenters. The molecule has 2 rings (SSSR count). The molecule has 0 aliphatic rings. The third-order valence-corrected chi connectivity index (χ3v) is 2.59. The average molecular weight is 242 g/mol. The predicted octanol–water partition coefficient (Wildman–Crippen LogP) is 3.24. The van der Waals surface area contributed by atoms with E-state index >= 15 is 0 Å². The predicted molar refractivity (Wildman–Crippen MR) is 69.5 cm³/mol. The lowest BCUT2D eigenvalue weighted by molar-refractivity contribution is 0.0526. The first-order chi connectivity index (χ1) is 8.72. The Morgan fingerprint density at radius 2 is 1.89 bits per heavy atom. The number of carbonyl (C=O) groups excluding carboxylic acids is 1.